The number of hydrogen-bond donors (Lipinski definition) is 3. The van der Waals surface area contributed by atoms with Gasteiger partial charge in [0.15, 0.2) is 0 Å². The average Bonchev–Trinajstić information content (AvgIpc) is 3.75. The van der Waals surface area contributed by atoms with Crippen molar-refractivity contribution in [3.8, 4) is 11.8 Å². The standard InChI is InChI=1S/C24H18ClF3N2O5.C4H5NO3/c25-17-7-8-19-18(13-17)23(24(26,27)28,10-9-14-1-2-14)35-22(34)30(19)12-11-29-20(31)15-3-5-16(6-4-15)21(32)33;6-3-1-2-4(7)5(3)8/h3-8,13-14H,1-2,11-12H2,(H,29,31)(H,32,33);8H,1-2H2. The van der Waals surface area contributed by atoms with E-state index in [-0.39, 0.29) is 58.7 Å². The number of alkyl halides is 3. The van der Waals surface area contributed by atoms with Gasteiger partial charge in [-0.25, -0.2) is 9.59 Å². The number of nitrogens with zero attached hydrogens (tertiary/aromatic N) is 2. The molecule has 3 N–H and O–H groups in total. The summed E-state index contributed by atoms with van der Waals surface area (Å²) in [5, 5.41) is 20.1. The fraction of sp³-hybridized carbons (Fsp3) is 0.321. The first kappa shape index (κ1) is 31.3. The molecule has 1 unspecified atom stereocenters. The maximum absolute atomic E-state index is 14.3. The van der Waals surface area contributed by atoms with E-state index < -0.39 is 47.1 Å². The number of carboxylic acids is 1. The molecule has 1 saturated heterocycles. The van der Waals surface area contributed by atoms with Crippen molar-refractivity contribution in [2.24, 2.45) is 5.92 Å². The molecular weight excluding hydrogens is 599 g/mol. The zero-order valence-corrected chi connectivity index (χ0v) is 22.9. The van der Waals surface area contributed by atoms with Gasteiger partial charge in [-0.2, -0.15) is 18.2 Å². The molecule has 0 aromatic heterocycles. The van der Waals surface area contributed by atoms with Crippen LogP contribution in [0.25, 0.3) is 0 Å². The second-order valence-corrected chi connectivity index (χ2v) is 10.1. The Morgan fingerprint density at radius 2 is 1.65 bits per heavy atom. The third-order valence-electron chi connectivity index (χ3n) is 6.56. The van der Waals surface area contributed by atoms with Crippen molar-refractivity contribution in [3.63, 3.8) is 0 Å². The summed E-state index contributed by atoms with van der Waals surface area (Å²) in [4.78, 5) is 57.5. The van der Waals surface area contributed by atoms with Gasteiger partial charge in [0, 0.05) is 48.0 Å². The van der Waals surface area contributed by atoms with Crippen molar-refractivity contribution in [3.05, 3.63) is 64.2 Å². The zero-order chi connectivity index (χ0) is 31.5. The third kappa shape index (κ3) is 6.90. The number of nitrogens with one attached hydrogen (secondary N) is 1. The average molecular weight is 622 g/mol. The van der Waals surface area contributed by atoms with E-state index >= 15 is 0 Å². The highest BCUT2D eigenvalue weighted by Crippen LogP contribution is 2.49. The van der Waals surface area contributed by atoms with Gasteiger partial charge in [0.05, 0.1) is 11.3 Å². The zero-order valence-electron chi connectivity index (χ0n) is 22.1. The molecule has 2 fully saturated rings. The first-order valence-corrected chi connectivity index (χ1v) is 13.2. The van der Waals surface area contributed by atoms with Crippen LogP contribution in [0.5, 0.6) is 0 Å². The van der Waals surface area contributed by atoms with Crippen LogP contribution in [-0.4, -0.2) is 64.4 Å². The second kappa shape index (κ2) is 12.3. The Kier molecular flexibility index (Phi) is 8.98. The Morgan fingerprint density at radius 3 is 2.16 bits per heavy atom. The molecule has 2 heterocycles. The van der Waals surface area contributed by atoms with Crippen molar-refractivity contribution in [1.29, 1.82) is 0 Å². The predicted octanol–water partition coefficient (Wildman–Crippen LogP) is 4.12. The summed E-state index contributed by atoms with van der Waals surface area (Å²) in [6, 6.07) is 8.88. The molecule has 4 amide bonds. The van der Waals surface area contributed by atoms with E-state index in [1.54, 1.807) is 0 Å². The van der Waals surface area contributed by atoms with Crippen LogP contribution in [0.1, 0.15) is 52.0 Å². The topological polar surface area (TPSA) is 154 Å². The quantitative estimate of drug-likeness (QED) is 0.256. The monoisotopic (exact) mass is 621 g/mol. The van der Waals surface area contributed by atoms with Crippen molar-refractivity contribution >= 4 is 47.1 Å². The molecule has 11 nitrogen and oxygen atoms in total. The molecule has 0 radical (unpaired) electrons. The van der Waals surface area contributed by atoms with Gasteiger partial charge in [0.1, 0.15) is 0 Å². The van der Waals surface area contributed by atoms with E-state index in [4.69, 9.17) is 26.7 Å². The number of hydroxylamine groups is 2. The van der Waals surface area contributed by atoms with Crippen LogP contribution < -0.4 is 10.2 Å². The molecule has 15 heteroatoms. The molecule has 0 spiro atoms. The van der Waals surface area contributed by atoms with Crippen LogP contribution in [0, 0.1) is 17.8 Å². The van der Waals surface area contributed by atoms with Crippen LogP contribution in [0.15, 0.2) is 42.5 Å². The molecular formula is C28H23ClF3N3O8. The molecule has 226 valence electrons. The normalized spacial score (nSPS) is 19.4. The SMILES string of the molecule is O=C(O)c1ccc(C(=O)NCCN2C(=O)OC(C#CC3CC3)(C(F)(F)F)c3cc(Cl)ccc32)cc1.O=C1CCC(=O)N1O. The molecule has 1 atom stereocenters. The summed E-state index contributed by atoms with van der Waals surface area (Å²) in [6.07, 6.45) is -4.62. The molecule has 43 heavy (non-hydrogen) atoms. The number of ether oxygens (including phenoxy) is 1. The molecule has 2 aliphatic heterocycles. The third-order valence-corrected chi connectivity index (χ3v) is 6.79. The lowest BCUT2D eigenvalue weighted by atomic mass is 9.89. The number of carboxylic acid groups (broad SMARTS) is 1. The Labute approximate surface area is 247 Å². The second-order valence-electron chi connectivity index (χ2n) is 9.64. The summed E-state index contributed by atoms with van der Waals surface area (Å²) >= 11 is 5.99. The summed E-state index contributed by atoms with van der Waals surface area (Å²) in [7, 11) is 0. The highest BCUT2D eigenvalue weighted by Gasteiger charge is 2.63. The van der Waals surface area contributed by atoms with E-state index in [0.29, 0.717) is 12.8 Å². The molecule has 2 aromatic rings. The van der Waals surface area contributed by atoms with Gasteiger partial charge in [-0.15, -0.1) is 0 Å². The van der Waals surface area contributed by atoms with Crippen molar-refractivity contribution in [2.75, 3.05) is 18.0 Å². The Balaban J connectivity index is 0.000000458. The van der Waals surface area contributed by atoms with Gasteiger partial charge in [0.25, 0.3) is 23.3 Å². The maximum atomic E-state index is 14.3. The van der Waals surface area contributed by atoms with Gasteiger partial charge in [-0.05, 0) is 61.2 Å². The van der Waals surface area contributed by atoms with Gasteiger partial charge in [-0.1, -0.05) is 17.5 Å². The Hall–Kier alpha value is -4.61. The number of aromatic carboxylic acids is 1. The van der Waals surface area contributed by atoms with E-state index in [1.165, 1.54) is 36.4 Å². The van der Waals surface area contributed by atoms with Crippen LogP contribution >= 0.6 is 11.6 Å². The Morgan fingerprint density at radius 1 is 1.05 bits per heavy atom. The number of rotatable bonds is 5. The molecule has 5 rings (SSSR count). The van der Waals surface area contributed by atoms with Crippen LogP contribution in [0.4, 0.5) is 23.7 Å². The molecule has 1 aliphatic carbocycles. The number of fused-ring (bicyclic) bond motifs is 1. The van der Waals surface area contributed by atoms with Crippen molar-refractivity contribution in [1.82, 2.24) is 10.4 Å². The lowest BCUT2D eigenvalue weighted by Gasteiger charge is -2.40. The summed E-state index contributed by atoms with van der Waals surface area (Å²) in [5.74, 6) is 1.84. The maximum Gasteiger partial charge on any atom is 0.445 e. The fourth-order valence-electron chi connectivity index (χ4n) is 4.09. The lowest BCUT2D eigenvalue weighted by Crippen LogP contribution is -2.54. The van der Waals surface area contributed by atoms with Gasteiger partial charge in [0.2, 0.25) is 0 Å². The number of cyclic esters (lactones) is 1. The molecule has 0 bridgehead atoms. The van der Waals surface area contributed by atoms with E-state index in [1.807, 2.05) is 0 Å². The van der Waals surface area contributed by atoms with Gasteiger partial charge >= 0.3 is 18.2 Å². The summed E-state index contributed by atoms with van der Waals surface area (Å²) < 4.78 is 47.8. The number of hydrogen-bond acceptors (Lipinski definition) is 7. The van der Waals surface area contributed by atoms with Crippen LogP contribution in [-0.2, 0) is 19.9 Å². The fourth-order valence-corrected chi connectivity index (χ4v) is 4.27. The molecule has 3 aliphatic rings. The summed E-state index contributed by atoms with van der Waals surface area (Å²) in [6.45, 7) is -0.320. The van der Waals surface area contributed by atoms with E-state index in [9.17, 15) is 37.1 Å². The number of imide groups is 1. The minimum absolute atomic E-state index is 0.00538. The highest BCUT2D eigenvalue weighted by molar-refractivity contribution is 6.30. The van der Waals surface area contributed by atoms with Crippen molar-refractivity contribution in [2.45, 2.75) is 37.5 Å². The number of amides is 4. The highest BCUT2D eigenvalue weighted by atomic mass is 35.5. The molecule has 2 aromatic carbocycles. The van der Waals surface area contributed by atoms with Gasteiger partial charge in [-0.3, -0.25) is 24.5 Å². The lowest BCUT2D eigenvalue weighted by molar-refractivity contribution is -0.240. The van der Waals surface area contributed by atoms with E-state index in [0.717, 1.165) is 11.0 Å². The van der Waals surface area contributed by atoms with Crippen LogP contribution in [0.3, 0.4) is 0 Å². The number of anilines is 1. The summed E-state index contributed by atoms with van der Waals surface area (Å²) in [5.41, 5.74) is -3.45. The first-order chi connectivity index (χ1) is 20.2. The minimum atomic E-state index is -5.02. The number of carbonyl (C=O) groups is 5. The van der Waals surface area contributed by atoms with E-state index in [2.05, 4.69) is 17.2 Å². The number of benzene rings is 2. The van der Waals surface area contributed by atoms with Gasteiger partial charge < -0.3 is 15.2 Å². The largest absolute Gasteiger partial charge is 0.478 e. The first-order valence-electron chi connectivity index (χ1n) is 12.8. The van der Waals surface area contributed by atoms with Crippen LogP contribution in [0.2, 0.25) is 5.02 Å². The predicted molar refractivity (Wildman–Crippen MR) is 142 cm³/mol. The Bertz CT molecular complexity index is 1520. The number of carbonyl (C=O) groups excluding carboxylic acids is 4. The smallest absolute Gasteiger partial charge is 0.445 e. The number of halogens is 4. The van der Waals surface area contributed by atoms with Crippen molar-refractivity contribution < 1.29 is 52.2 Å². The minimum Gasteiger partial charge on any atom is -0.478 e. The molecule has 1 saturated carbocycles.